The summed E-state index contributed by atoms with van der Waals surface area (Å²) in [5, 5.41) is 6.04. The van der Waals surface area contributed by atoms with E-state index in [0.717, 1.165) is 24.4 Å². The van der Waals surface area contributed by atoms with Gasteiger partial charge < -0.3 is 10.1 Å². The van der Waals surface area contributed by atoms with Gasteiger partial charge in [0.2, 0.25) is 0 Å². The molecule has 6 heteroatoms. The summed E-state index contributed by atoms with van der Waals surface area (Å²) in [6.07, 6.45) is 3.78. The number of hydrogen-bond acceptors (Lipinski definition) is 5. The molecule has 1 saturated heterocycles. The highest BCUT2D eigenvalue weighted by Crippen LogP contribution is 2.29. The van der Waals surface area contributed by atoms with Crippen molar-refractivity contribution in [2.24, 2.45) is 0 Å². The van der Waals surface area contributed by atoms with E-state index in [2.05, 4.69) is 22.1 Å². The predicted octanol–water partition coefficient (Wildman–Crippen LogP) is 3.19. The summed E-state index contributed by atoms with van der Waals surface area (Å²) in [5.41, 5.74) is -0.451. The fourth-order valence-electron chi connectivity index (χ4n) is 2.69. The molecule has 0 unspecified atom stereocenters. The van der Waals surface area contributed by atoms with Gasteiger partial charge in [0, 0.05) is 24.2 Å². The van der Waals surface area contributed by atoms with E-state index in [1.807, 2.05) is 32.3 Å². The zero-order chi connectivity index (χ0) is 15.5. The highest BCUT2D eigenvalue weighted by atomic mass is 32.1. The summed E-state index contributed by atoms with van der Waals surface area (Å²) in [4.78, 5) is 18.6. The Hall–Kier alpha value is -1.14. The van der Waals surface area contributed by atoms with Crippen LogP contribution in [-0.2, 0) is 4.74 Å². The maximum Gasteiger partial charge on any atom is 0.407 e. The van der Waals surface area contributed by atoms with Crippen LogP contribution in [0.3, 0.4) is 0 Å². The van der Waals surface area contributed by atoms with Gasteiger partial charge in [0.25, 0.3) is 0 Å². The minimum absolute atomic E-state index is 0.304. The van der Waals surface area contributed by atoms with Gasteiger partial charge in [-0.15, -0.1) is 11.3 Å². The fourth-order valence-corrected chi connectivity index (χ4v) is 3.40. The molecule has 1 aliphatic rings. The van der Waals surface area contributed by atoms with Gasteiger partial charge in [-0.2, -0.15) is 0 Å². The minimum atomic E-state index is -0.451. The lowest BCUT2D eigenvalue weighted by molar-refractivity contribution is 0.0508. The number of aromatic nitrogens is 1. The van der Waals surface area contributed by atoms with E-state index in [9.17, 15) is 4.79 Å². The van der Waals surface area contributed by atoms with E-state index in [1.54, 1.807) is 11.3 Å². The zero-order valence-corrected chi connectivity index (χ0v) is 14.1. The molecule has 5 nitrogen and oxygen atoms in total. The average Bonchev–Trinajstić information content (AvgIpc) is 3.05. The number of thiazole rings is 1. The largest absolute Gasteiger partial charge is 0.444 e. The summed E-state index contributed by atoms with van der Waals surface area (Å²) in [6, 6.07) is 0.661. The molecule has 0 radical (unpaired) electrons. The molecule has 0 spiro atoms. The van der Waals surface area contributed by atoms with Gasteiger partial charge in [0.1, 0.15) is 10.6 Å². The molecule has 2 rings (SSSR count). The topological polar surface area (TPSA) is 54.5 Å². The van der Waals surface area contributed by atoms with E-state index >= 15 is 0 Å². The minimum Gasteiger partial charge on any atom is -0.444 e. The van der Waals surface area contributed by atoms with Crippen molar-refractivity contribution in [1.29, 1.82) is 0 Å². The quantitative estimate of drug-likeness (QED) is 0.928. The highest BCUT2D eigenvalue weighted by molar-refractivity contribution is 7.09. The summed E-state index contributed by atoms with van der Waals surface area (Å²) < 4.78 is 5.29. The lowest BCUT2D eigenvalue weighted by Crippen LogP contribution is -2.42. The van der Waals surface area contributed by atoms with Gasteiger partial charge >= 0.3 is 6.09 Å². The Labute approximate surface area is 130 Å². The Balaban J connectivity index is 1.86. The van der Waals surface area contributed by atoms with Crippen molar-refractivity contribution in [3.8, 4) is 0 Å². The van der Waals surface area contributed by atoms with Crippen LogP contribution in [0.2, 0.25) is 0 Å². The number of likely N-dealkylation sites (tertiary alicyclic amines) is 1. The van der Waals surface area contributed by atoms with Crippen molar-refractivity contribution in [1.82, 2.24) is 15.2 Å². The van der Waals surface area contributed by atoms with Crippen molar-refractivity contribution in [3.05, 3.63) is 16.6 Å². The van der Waals surface area contributed by atoms with Crippen LogP contribution in [0.15, 0.2) is 11.6 Å². The monoisotopic (exact) mass is 311 g/mol. The number of carbonyl (C=O) groups excluding carboxylic acids is 1. The van der Waals surface area contributed by atoms with Crippen LogP contribution in [0.4, 0.5) is 4.79 Å². The van der Waals surface area contributed by atoms with Gasteiger partial charge in [-0.1, -0.05) is 0 Å². The number of nitrogens with zero attached hydrogens (tertiary/aromatic N) is 2. The maximum atomic E-state index is 11.8. The number of carbonyl (C=O) groups is 1. The molecule has 0 bridgehead atoms. The zero-order valence-electron chi connectivity index (χ0n) is 13.3. The molecule has 118 valence electrons. The molecule has 1 aromatic heterocycles. The fraction of sp³-hybridized carbons (Fsp3) is 0.733. The number of amides is 1. The first-order valence-electron chi connectivity index (χ1n) is 7.49. The normalized spacial score (nSPS) is 21.2. The van der Waals surface area contributed by atoms with Gasteiger partial charge in [0.05, 0.1) is 6.04 Å². The molecule has 0 aromatic carbocycles. The number of nitrogens with one attached hydrogen (secondary N) is 1. The summed E-state index contributed by atoms with van der Waals surface area (Å²) in [5.74, 6) is 0. The molecule has 0 aliphatic carbocycles. The molecule has 1 fully saturated rings. The first-order chi connectivity index (χ1) is 9.87. The van der Waals surface area contributed by atoms with E-state index < -0.39 is 5.60 Å². The van der Waals surface area contributed by atoms with E-state index in [4.69, 9.17) is 4.74 Å². The van der Waals surface area contributed by atoms with Crippen molar-refractivity contribution in [3.63, 3.8) is 0 Å². The third kappa shape index (κ3) is 4.68. The molecule has 21 heavy (non-hydrogen) atoms. The van der Waals surface area contributed by atoms with Gasteiger partial charge in [-0.3, -0.25) is 4.90 Å². The van der Waals surface area contributed by atoms with Crippen LogP contribution in [0.1, 0.15) is 51.6 Å². The SMILES string of the molecule is C[C@@H](c1nccs1)N1CCC[C@H]1CNC(=O)OC(C)(C)C. The second-order valence-corrected chi connectivity index (χ2v) is 7.39. The van der Waals surface area contributed by atoms with E-state index in [0.29, 0.717) is 18.6 Å². The molecule has 1 aromatic rings. The molecular formula is C15H25N3O2S. The lowest BCUT2D eigenvalue weighted by atomic mass is 10.2. The lowest BCUT2D eigenvalue weighted by Gasteiger charge is -2.30. The molecular weight excluding hydrogens is 286 g/mol. The third-order valence-electron chi connectivity index (χ3n) is 3.61. The van der Waals surface area contributed by atoms with Crippen LogP contribution in [-0.4, -0.2) is 40.7 Å². The number of ether oxygens (including phenoxy) is 1. The Bertz CT molecular complexity index is 456. The van der Waals surface area contributed by atoms with E-state index in [-0.39, 0.29) is 6.09 Å². The first kappa shape index (κ1) is 16.2. The highest BCUT2D eigenvalue weighted by Gasteiger charge is 2.30. The number of hydrogen-bond donors (Lipinski definition) is 1. The molecule has 2 atom stereocenters. The summed E-state index contributed by atoms with van der Waals surface area (Å²) in [6.45, 7) is 9.49. The summed E-state index contributed by atoms with van der Waals surface area (Å²) in [7, 11) is 0. The molecule has 1 N–H and O–H groups in total. The van der Waals surface area contributed by atoms with Crippen LogP contribution in [0.25, 0.3) is 0 Å². The van der Waals surface area contributed by atoms with Gasteiger partial charge in [-0.25, -0.2) is 9.78 Å². The Morgan fingerprint density at radius 1 is 1.62 bits per heavy atom. The average molecular weight is 311 g/mol. The predicted molar refractivity (Wildman–Crippen MR) is 84.5 cm³/mol. The Morgan fingerprint density at radius 3 is 3.00 bits per heavy atom. The summed E-state index contributed by atoms with van der Waals surface area (Å²) >= 11 is 1.69. The second-order valence-electron chi connectivity index (χ2n) is 6.46. The van der Waals surface area contributed by atoms with Crippen LogP contribution < -0.4 is 5.32 Å². The molecule has 0 saturated carbocycles. The van der Waals surface area contributed by atoms with Gasteiger partial charge in [-0.05, 0) is 47.1 Å². The third-order valence-corrected chi connectivity index (χ3v) is 4.56. The van der Waals surface area contributed by atoms with Crippen LogP contribution in [0.5, 0.6) is 0 Å². The van der Waals surface area contributed by atoms with Crippen molar-refractivity contribution in [2.75, 3.05) is 13.1 Å². The first-order valence-corrected chi connectivity index (χ1v) is 8.37. The smallest absolute Gasteiger partial charge is 0.407 e. The number of rotatable bonds is 4. The Morgan fingerprint density at radius 2 is 2.38 bits per heavy atom. The Kier molecular flexibility index (Phi) is 5.22. The van der Waals surface area contributed by atoms with Crippen LogP contribution in [0, 0.1) is 0 Å². The second kappa shape index (κ2) is 6.75. The van der Waals surface area contributed by atoms with Crippen molar-refractivity contribution >= 4 is 17.4 Å². The number of alkyl carbamates (subject to hydrolysis) is 1. The molecule has 2 heterocycles. The maximum absolute atomic E-state index is 11.8. The van der Waals surface area contributed by atoms with Crippen LogP contribution >= 0.6 is 11.3 Å². The molecule has 1 amide bonds. The standard InChI is InChI=1S/C15H25N3O2S/c1-11(13-16-7-9-21-13)18-8-5-6-12(18)10-17-14(19)20-15(2,3)4/h7,9,11-12H,5-6,8,10H2,1-4H3,(H,17,19)/t11-,12-/m0/s1. The van der Waals surface area contributed by atoms with E-state index in [1.165, 1.54) is 0 Å². The molecule has 1 aliphatic heterocycles. The van der Waals surface area contributed by atoms with Crippen molar-refractivity contribution < 1.29 is 9.53 Å². The van der Waals surface area contributed by atoms with Gasteiger partial charge in [0.15, 0.2) is 0 Å². The van der Waals surface area contributed by atoms with Crippen molar-refractivity contribution in [2.45, 2.75) is 58.2 Å².